The van der Waals surface area contributed by atoms with E-state index >= 15 is 0 Å². The third-order valence-corrected chi connectivity index (χ3v) is 3.16. The van der Waals surface area contributed by atoms with E-state index in [1.807, 2.05) is 29.0 Å². The fraction of sp³-hybridized carbons (Fsp3) is 0.125. The molecule has 0 aliphatic heterocycles. The summed E-state index contributed by atoms with van der Waals surface area (Å²) in [5, 5.41) is 2.89. The molecule has 110 valence electrons. The molecule has 0 radical (unpaired) electrons. The van der Waals surface area contributed by atoms with E-state index < -0.39 is 0 Å². The van der Waals surface area contributed by atoms with Gasteiger partial charge in [0.2, 0.25) is 0 Å². The van der Waals surface area contributed by atoms with Crippen LogP contribution in [0.25, 0.3) is 11.6 Å². The number of benzene rings is 1. The Morgan fingerprint density at radius 3 is 2.55 bits per heavy atom. The van der Waals surface area contributed by atoms with Gasteiger partial charge in [-0.1, -0.05) is 18.2 Å². The van der Waals surface area contributed by atoms with Crippen LogP contribution in [0, 0.1) is 0 Å². The van der Waals surface area contributed by atoms with Gasteiger partial charge in [0.25, 0.3) is 5.91 Å². The number of hydrogen-bond donors (Lipinski definition) is 1. The Hall–Kier alpha value is -3.02. The summed E-state index contributed by atoms with van der Waals surface area (Å²) in [6.45, 7) is 1.11. The van der Waals surface area contributed by atoms with Crippen LogP contribution in [0.5, 0.6) is 0 Å². The van der Waals surface area contributed by atoms with Gasteiger partial charge in [-0.3, -0.25) is 4.79 Å². The Kier molecular flexibility index (Phi) is 4.20. The number of amides is 1. The van der Waals surface area contributed by atoms with E-state index in [4.69, 9.17) is 0 Å². The summed E-state index contributed by atoms with van der Waals surface area (Å²) in [6, 6.07) is 10.9. The molecule has 1 aromatic carbocycles. The number of imidazole rings is 1. The maximum atomic E-state index is 12.0. The first-order chi connectivity index (χ1) is 10.8. The lowest BCUT2D eigenvalue weighted by molar-refractivity contribution is 0.0952. The van der Waals surface area contributed by atoms with Crippen LogP contribution in [0.2, 0.25) is 0 Å². The van der Waals surface area contributed by atoms with Crippen molar-refractivity contribution in [1.29, 1.82) is 0 Å². The van der Waals surface area contributed by atoms with E-state index in [-0.39, 0.29) is 5.91 Å². The van der Waals surface area contributed by atoms with Gasteiger partial charge in [0.1, 0.15) is 0 Å². The van der Waals surface area contributed by atoms with Crippen LogP contribution in [-0.2, 0) is 6.54 Å². The van der Waals surface area contributed by atoms with Crippen molar-refractivity contribution in [3.63, 3.8) is 0 Å². The predicted molar refractivity (Wildman–Crippen MR) is 82.0 cm³/mol. The normalized spacial score (nSPS) is 10.4. The summed E-state index contributed by atoms with van der Waals surface area (Å²) >= 11 is 0. The van der Waals surface area contributed by atoms with E-state index in [0.717, 1.165) is 0 Å². The molecule has 3 aromatic rings. The first-order valence-corrected chi connectivity index (χ1v) is 6.96. The standard InChI is InChI=1S/C16H15N5O/c22-16(13-5-2-1-3-6-13)20-10-12-21-11-9-19-15(21)14-17-7-4-8-18-14/h1-9,11H,10,12H2,(H,20,22). The van der Waals surface area contributed by atoms with Crippen molar-refractivity contribution < 1.29 is 4.79 Å². The van der Waals surface area contributed by atoms with Crippen molar-refractivity contribution in [3.8, 4) is 11.6 Å². The minimum Gasteiger partial charge on any atom is -0.350 e. The molecule has 22 heavy (non-hydrogen) atoms. The Labute approximate surface area is 127 Å². The average molecular weight is 293 g/mol. The van der Waals surface area contributed by atoms with Crippen LogP contribution in [-0.4, -0.2) is 32.0 Å². The van der Waals surface area contributed by atoms with Gasteiger partial charge in [-0.25, -0.2) is 15.0 Å². The number of carbonyl (C=O) groups is 1. The fourth-order valence-corrected chi connectivity index (χ4v) is 2.09. The van der Waals surface area contributed by atoms with Crippen LogP contribution in [0.1, 0.15) is 10.4 Å². The second-order valence-electron chi connectivity index (χ2n) is 4.64. The van der Waals surface area contributed by atoms with Gasteiger partial charge in [-0.2, -0.15) is 0 Å². The highest BCUT2D eigenvalue weighted by Crippen LogP contribution is 2.10. The monoisotopic (exact) mass is 293 g/mol. The summed E-state index contributed by atoms with van der Waals surface area (Å²) in [5.74, 6) is 1.18. The molecule has 0 aliphatic carbocycles. The summed E-state index contributed by atoms with van der Waals surface area (Å²) in [7, 11) is 0. The number of nitrogens with zero attached hydrogens (tertiary/aromatic N) is 4. The minimum absolute atomic E-state index is 0.0850. The number of carbonyl (C=O) groups excluding carboxylic acids is 1. The fourth-order valence-electron chi connectivity index (χ4n) is 2.09. The Morgan fingerprint density at radius 1 is 1.00 bits per heavy atom. The second-order valence-corrected chi connectivity index (χ2v) is 4.64. The molecule has 2 aromatic heterocycles. The average Bonchev–Trinajstić information content (AvgIpc) is 3.05. The lowest BCUT2D eigenvalue weighted by atomic mass is 10.2. The van der Waals surface area contributed by atoms with E-state index in [9.17, 15) is 4.79 Å². The predicted octanol–water partition coefficient (Wildman–Crippen LogP) is 1.77. The van der Waals surface area contributed by atoms with E-state index in [1.165, 1.54) is 0 Å². The Balaban J connectivity index is 1.61. The van der Waals surface area contributed by atoms with Gasteiger partial charge in [0.05, 0.1) is 0 Å². The van der Waals surface area contributed by atoms with Crippen molar-refractivity contribution in [2.45, 2.75) is 6.54 Å². The molecule has 1 N–H and O–H groups in total. The minimum atomic E-state index is -0.0850. The summed E-state index contributed by atoms with van der Waals surface area (Å²) in [4.78, 5) is 24.6. The van der Waals surface area contributed by atoms with Crippen molar-refractivity contribution in [3.05, 3.63) is 66.7 Å². The highest BCUT2D eigenvalue weighted by molar-refractivity contribution is 5.94. The second kappa shape index (κ2) is 6.62. The summed E-state index contributed by atoms with van der Waals surface area (Å²) in [6.07, 6.45) is 6.90. The van der Waals surface area contributed by atoms with Gasteiger partial charge in [-0.15, -0.1) is 0 Å². The maximum absolute atomic E-state index is 12.0. The number of aromatic nitrogens is 4. The molecule has 0 atom stereocenters. The van der Waals surface area contributed by atoms with Crippen LogP contribution in [0.4, 0.5) is 0 Å². The molecule has 3 rings (SSSR count). The third-order valence-electron chi connectivity index (χ3n) is 3.16. The van der Waals surface area contributed by atoms with Crippen LogP contribution in [0.3, 0.4) is 0 Å². The smallest absolute Gasteiger partial charge is 0.251 e. The molecule has 0 saturated heterocycles. The molecule has 6 nitrogen and oxygen atoms in total. The van der Waals surface area contributed by atoms with Crippen LogP contribution >= 0.6 is 0 Å². The molecular weight excluding hydrogens is 278 g/mol. The first kappa shape index (κ1) is 13.9. The quantitative estimate of drug-likeness (QED) is 0.778. The molecule has 0 fully saturated rings. The van der Waals surface area contributed by atoms with E-state index in [0.29, 0.717) is 30.3 Å². The van der Waals surface area contributed by atoms with E-state index in [1.54, 1.807) is 36.8 Å². The summed E-state index contributed by atoms with van der Waals surface area (Å²) in [5.41, 5.74) is 0.653. The zero-order valence-electron chi connectivity index (χ0n) is 11.9. The largest absolute Gasteiger partial charge is 0.350 e. The van der Waals surface area contributed by atoms with Crippen LogP contribution in [0.15, 0.2) is 61.2 Å². The van der Waals surface area contributed by atoms with Gasteiger partial charge in [0.15, 0.2) is 11.6 Å². The summed E-state index contributed by atoms with van der Waals surface area (Å²) < 4.78 is 1.92. The highest BCUT2D eigenvalue weighted by atomic mass is 16.1. The molecule has 0 unspecified atom stereocenters. The molecule has 2 heterocycles. The maximum Gasteiger partial charge on any atom is 0.251 e. The van der Waals surface area contributed by atoms with Crippen molar-refractivity contribution in [2.75, 3.05) is 6.54 Å². The Bertz CT molecular complexity index is 739. The van der Waals surface area contributed by atoms with Crippen molar-refractivity contribution >= 4 is 5.91 Å². The number of nitrogens with one attached hydrogen (secondary N) is 1. The molecular formula is C16H15N5O. The van der Waals surface area contributed by atoms with Gasteiger partial charge < -0.3 is 9.88 Å². The van der Waals surface area contributed by atoms with Gasteiger partial charge >= 0.3 is 0 Å². The molecule has 1 amide bonds. The highest BCUT2D eigenvalue weighted by Gasteiger charge is 2.09. The zero-order valence-corrected chi connectivity index (χ0v) is 11.9. The van der Waals surface area contributed by atoms with Crippen molar-refractivity contribution in [1.82, 2.24) is 24.8 Å². The van der Waals surface area contributed by atoms with Gasteiger partial charge in [-0.05, 0) is 18.2 Å². The molecule has 0 spiro atoms. The third kappa shape index (κ3) is 3.17. The topological polar surface area (TPSA) is 72.7 Å². The SMILES string of the molecule is O=C(NCCn1ccnc1-c1ncccn1)c1ccccc1. The number of rotatable bonds is 5. The Morgan fingerprint density at radius 2 is 1.77 bits per heavy atom. The molecule has 0 aliphatic rings. The molecule has 6 heteroatoms. The first-order valence-electron chi connectivity index (χ1n) is 6.96. The van der Waals surface area contributed by atoms with Crippen LogP contribution < -0.4 is 5.32 Å². The zero-order chi connectivity index (χ0) is 15.2. The lowest BCUT2D eigenvalue weighted by Gasteiger charge is -2.08. The molecule has 0 saturated carbocycles. The van der Waals surface area contributed by atoms with Crippen molar-refractivity contribution in [2.24, 2.45) is 0 Å². The molecule has 0 bridgehead atoms. The number of hydrogen-bond acceptors (Lipinski definition) is 4. The lowest BCUT2D eigenvalue weighted by Crippen LogP contribution is -2.27. The van der Waals surface area contributed by atoms with Gasteiger partial charge in [0, 0.05) is 43.4 Å². The van der Waals surface area contributed by atoms with E-state index in [2.05, 4.69) is 20.3 Å².